The number of likely N-dealkylation sites (N-methyl/N-ethyl adjacent to an activating group) is 1. The topological polar surface area (TPSA) is 12.0 Å². The summed E-state index contributed by atoms with van der Waals surface area (Å²) in [6.07, 6.45) is 5.00. The van der Waals surface area contributed by atoms with Gasteiger partial charge in [-0.2, -0.15) is 0 Å². The van der Waals surface area contributed by atoms with Crippen LogP contribution in [0.25, 0.3) is 0 Å². The smallest absolute Gasteiger partial charge is 0.161 e. The first-order valence-electron chi connectivity index (χ1n) is 8.52. The molecule has 0 aliphatic carbocycles. The van der Waals surface area contributed by atoms with Gasteiger partial charge in [-0.3, -0.25) is 0 Å². The molecule has 1 aromatic rings. The Hall–Kier alpha value is -1.97. The molecule has 0 amide bonds. The Labute approximate surface area is 149 Å². The minimum atomic E-state index is -1.17. The Morgan fingerprint density at radius 3 is 2.28 bits per heavy atom. The van der Waals surface area contributed by atoms with Gasteiger partial charge in [-0.1, -0.05) is 45.9 Å². The molecule has 0 bridgehead atoms. The van der Waals surface area contributed by atoms with Gasteiger partial charge in [0.05, 0.1) is 0 Å². The predicted molar refractivity (Wildman–Crippen MR) is 98.7 cm³/mol. The summed E-state index contributed by atoms with van der Waals surface area (Å²) in [6.45, 7) is 13.9. The van der Waals surface area contributed by atoms with Gasteiger partial charge >= 0.3 is 0 Å². The van der Waals surface area contributed by atoms with Crippen LogP contribution in [0.5, 0.6) is 0 Å². The molecule has 1 N–H and O–H groups in total. The number of hydrogen-bond acceptors (Lipinski definition) is 1. The molecular formula is C21H28F3N. The maximum Gasteiger partial charge on any atom is 0.161 e. The van der Waals surface area contributed by atoms with Crippen LogP contribution >= 0.6 is 0 Å². The summed E-state index contributed by atoms with van der Waals surface area (Å²) in [4.78, 5) is 0. The summed E-state index contributed by atoms with van der Waals surface area (Å²) >= 11 is 0. The first kappa shape index (κ1) is 21.1. The van der Waals surface area contributed by atoms with Gasteiger partial charge in [0.15, 0.2) is 11.6 Å². The Bertz CT molecular complexity index is 676. The lowest BCUT2D eigenvalue weighted by atomic mass is 9.77. The third kappa shape index (κ3) is 5.80. The van der Waals surface area contributed by atoms with Crippen molar-refractivity contribution in [2.45, 2.75) is 46.5 Å². The van der Waals surface area contributed by atoms with Crippen molar-refractivity contribution in [1.29, 1.82) is 0 Å². The van der Waals surface area contributed by atoms with Gasteiger partial charge in [0.25, 0.3) is 0 Å². The molecule has 1 atom stereocenters. The molecule has 138 valence electrons. The molecule has 0 saturated heterocycles. The number of hydrogen-bond donors (Lipinski definition) is 1. The van der Waals surface area contributed by atoms with E-state index in [1.165, 1.54) is 0 Å². The molecule has 1 aromatic carbocycles. The van der Waals surface area contributed by atoms with E-state index >= 15 is 0 Å². The van der Waals surface area contributed by atoms with Crippen molar-refractivity contribution in [3.8, 4) is 0 Å². The average Bonchev–Trinajstić information content (AvgIpc) is 2.55. The highest BCUT2D eigenvalue weighted by Gasteiger charge is 2.25. The molecule has 0 radical (unpaired) electrons. The summed E-state index contributed by atoms with van der Waals surface area (Å²) in [5.41, 5.74) is 2.16. The third-order valence-electron chi connectivity index (χ3n) is 4.36. The molecule has 0 aromatic heterocycles. The van der Waals surface area contributed by atoms with Crippen molar-refractivity contribution in [1.82, 2.24) is 5.32 Å². The van der Waals surface area contributed by atoms with Crippen molar-refractivity contribution in [2.75, 3.05) is 7.05 Å². The minimum Gasteiger partial charge on any atom is -0.388 e. The quantitative estimate of drug-likeness (QED) is 0.420. The van der Waals surface area contributed by atoms with E-state index in [1.807, 2.05) is 19.9 Å². The van der Waals surface area contributed by atoms with Gasteiger partial charge in [0.2, 0.25) is 0 Å². The zero-order valence-electron chi connectivity index (χ0n) is 15.6. The monoisotopic (exact) mass is 351 g/mol. The number of halogens is 3. The van der Waals surface area contributed by atoms with E-state index in [4.69, 9.17) is 0 Å². The number of nitrogens with one attached hydrogen (secondary N) is 1. The minimum absolute atomic E-state index is 0.171. The Kier molecular flexibility index (Phi) is 7.53. The molecule has 0 saturated carbocycles. The first-order valence-corrected chi connectivity index (χ1v) is 8.52. The first-order chi connectivity index (χ1) is 11.6. The second-order valence-corrected chi connectivity index (χ2v) is 6.86. The molecular weight excluding hydrogens is 323 g/mol. The summed E-state index contributed by atoms with van der Waals surface area (Å²) < 4.78 is 40.9. The summed E-state index contributed by atoms with van der Waals surface area (Å²) in [6, 6.07) is 1.57. The van der Waals surface area contributed by atoms with Crippen LogP contribution in [0.3, 0.4) is 0 Å². The van der Waals surface area contributed by atoms with Crippen LogP contribution < -0.4 is 5.32 Å². The molecule has 1 rings (SSSR count). The molecule has 0 fully saturated rings. The lowest BCUT2D eigenvalue weighted by molar-refractivity contribution is 0.364. The Balaban J connectivity index is 3.33. The highest BCUT2D eigenvalue weighted by atomic mass is 19.2. The molecule has 25 heavy (non-hydrogen) atoms. The molecule has 0 heterocycles. The van der Waals surface area contributed by atoms with Gasteiger partial charge in [0.1, 0.15) is 5.82 Å². The lowest BCUT2D eigenvalue weighted by Gasteiger charge is -2.29. The van der Waals surface area contributed by atoms with Crippen LogP contribution in [0.1, 0.15) is 45.6 Å². The maximum absolute atomic E-state index is 14.1. The van der Waals surface area contributed by atoms with Crippen LogP contribution in [0.2, 0.25) is 0 Å². The average molecular weight is 351 g/mol. The fraction of sp³-hybridized carbons (Fsp3) is 0.429. The fourth-order valence-corrected chi connectivity index (χ4v) is 2.88. The number of benzene rings is 1. The second-order valence-electron chi connectivity index (χ2n) is 6.86. The number of unbranched alkanes of at least 4 members (excludes halogenated alkanes) is 1. The fourth-order valence-electron chi connectivity index (χ4n) is 2.88. The van der Waals surface area contributed by atoms with Gasteiger partial charge in [0, 0.05) is 18.8 Å². The summed E-state index contributed by atoms with van der Waals surface area (Å²) in [5.74, 6) is -2.92. The Morgan fingerprint density at radius 2 is 1.76 bits per heavy atom. The standard InChI is InChI=1S/C21H28F3N/c1-7-8-9-21(5,13-17(14(2)3)15(4)25-6)12-16-10-19(23)20(24)11-18(16)22/h10-11,13,25H,2,4,7-9,12H2,1,3,5-6H3/b17-13-. The van der Waals surface area contributed by atoms with Crippen LogP contribution in [-0.4, -0.2) is 7.05 Å². The van der Waals surface area contributed by atoms with Crippen molar-refractivity contribution in [3.63, 3.8) is 0 Å². The normalized spacial score (nSPS) is 14.1. The number of allylic oxidation sites excluding steroid dienone is 2. The van der Waals surface area contributed by atoms with E-state index in [0.29, 0.717) is 6.07 Å². The van der Waals surface area contributed by atoms with Crippen molar-refractivity contribution < 1.29 is 13.2 Å². The summed E-state index contributed by atoms with van der Waals surface area (Å²) in [5, 5.41) is 3.01. The maximum atomic E-state index is 14.1. The Morgan fingerprint density at radius 1 is 1.16 bits per heavy atom. The third-order valence-corrected chi connectivity index (χ3v) is 4.36. The van der Waals surface area contributed by atoms with Crippen molar-refractivity contribution >= 4 is 0 Å². The molecule has 0 aliphatic heterocycles. The van der Waals surface area contributed by atoms with Gasteiger partial charge in [-0.15, -0.1) is 0 Å². The SMILES string of the molecule is C=C(C)/C(=C/C(C)(CCCC)Cc1cc(F)c(F)cc1F)C(=C)NC. The van der Waals surface area contributed by atoms with E-state index < -0.39 is 22.9 Å². The van der Waals surface area contributed by atoms with E-state index in [0.717, 1.165) is 42.2 Å². The van der Waals surface area contributed by atoms with E-state index in [9.17, 15) is 13.2 Å². The number of rotatable bonds is 9. The predicted octanol–water partition coefficient (Wildman–Crippen LogP) is 6.08. The van der Waals surface area contributed by atoms with Crippen LogP contribution in [0, 0.1) is 22.9 Å². The van der Waals surface area contributed by atoms with Crippen molar-refractivity contribution in [2.24, 2.45) is 5.41 Å². The van der Waals surface area contributed by atoms with E-state index in [2.05, 4.69) is 25.4 Å². The summed E-state index contributed by atoms with van der Waals surface area (Å²) in [7, 11) is 1.78. The molecule has 1 unspecified atom stereocenters. The highest BCUT2D eigenvalue weighted by molar-refractivity contribution is 5.43. The molecule has 0 aliphatic rings. The molecule has 4 heteroatoms. The van der Waals surface area contributed by atoms with Crippen LogP contribution in [0.15, 0.2) is 48.2 Å². The molecule has 1 nitrogen and oxygen atoms in total. The van der Waals surface area contributed by atoms with Gasteiger partial charge in [-0.05, 0) is 48.0 Å². The largest absolute Gasteiger partial charge is 0.388 e. The lowest BCUT2D eigenvalue weighted by Crippen LogP contribution is -2.20. The van der Waals surface area contributed by atoms with E-state index in [-0.39, 0.29) is 12.0 Å². The van der Waals surface area contributed by atoms with E-state index in [1.54, 1.807) is 7.05 Å². The zero-order chi connectivity index (χ0) is 19.2. The highest BCUT2D eigenvalue weighted by Crippen LogP contribution is 2.35. The van der Waals surface area contributed by atoms with Gasteiger partial charge in [-0.25, -0.2) is 13.2 Å². The second kappa shape index (κ2) is 8.93. The zero-order valence-corrected chi connectivity index (χ0v) is 15.6. The van der Waals surface area contributed by atoms with Crippen molar-refractivity contribution in [3.05, 3.63) is 71.2 Å². The van der Waals surface area contributed by atoms with Crippen LogP contribution in [0.4, 0.5) is 13.2 Å². The van der Waals surface area contributed by atoms with Crippen LogP contribution in [-0.2, 0) is 6.42 Å². The van der Waals surface area contributed by atoms with Gasteiger partial charge < -0.3 is 5.32 Å². The molecule has 0 spiro atoms.